The molecule has 1 saturated heterocycles. The van der Waals surface area contributed by atoms with E-state index in [1.54, 1.807) is 7.11 Å². The first-order valence-electron chi connectivity index (χ1n) is 7.96. The molecule has 1 aliphatic heterocycles. The van der Waals surface area contributed by atoms with Gasteiger partial charge >= 0.3 is 0 Å². The molecule has 0 amide bonds. The average Bonchev–Trinajstić information content (AvgIpc) is 3.04. The summed E-state index contributed by atoms with van der Waals surface area (Å²) < 4.78 is 10.9. The Balaban J connectivity index is 1.84. The number of benzene rings is 1. The number of hydrogen-bond donors (Lipinski definition) is 1. The lowest BCUT2D eigenvalue weighted by Gasteiger charge is -2.26. The first-order valence-corrected chi connectivity index (χ1v) is 9.12. The molecule has 2 aromatic rings. The highest BCUT2D eigenvalue weighted by Gasteiger charge is 2.23. The van der Waals surface area contributed by atoms with Gasteiger partial charge in [0, 0.05) is 50.4 Å². The van der Waals surface area contributed by atoms with Crippen LogP contribution in [-0.2, 0) is 11.3 Å². The third-order valence-corrected chi connectivity index (χ3v) is 4.84. The van der Waals surface area contributed by atoms with Crippen molar-refractivity contribution in [1.82, 2.24) is 10.5 Å². The third kappa shape index (κ3) is 4.07. The van der Waals surface area contributed by atoms with Gasteiger partial charge in [0.15, 0.2) is 0 Å². The van der Waals surface area contributed by atoms with Crippen LogP contribution in [0.25, 0.3) is 11.3 Å². The van der Waals surface area contributed by atoms with Crippen molar-refractivity contribution in [1.29, 1.82) is 0 Å². The normalized spacial score (nSPS) is 15.1. The maximum atomic E-state index is 5.74. The van der Waals surface area contributed by atoms with Gasteiger partial charge in [0.25, 0.3) is 0 Å². The summed E-state index contributed by atoms with van der Waals surface area (Å²) in [6, 6.07) is 10.2. The Bertz CT molecular complexity index is 597. The molecule has 0 spiro atoms. The zero-order valence-corrected chi connectivity index (χ0v) is 14.3. The highest BCUT2D eigenvalue weighted by atomic mass is 32.2. The third-order valence-electron chi connectivity index (χ3n) is 3.90. The van der Waals surface area contributed by atoms with Gasteiger partial charge in [-0.15, -0.1) is 0 Å². The molecule has 0 radical (unpaired) electrons. The van der Waals surface area contributed by atoms with E-state index in [0.717, 1.165) is 60.4 Å². The van der Waals surface area contributed by atoms with Crippen LogP contribution in [0.1, 0.15) is 5.56 Å². The van der Waals surface area contributed by atoms with Gasteiger partial charge in [-0.3, -0.25) is 0 Å². The number of nitrogens with one attached hydrogen (secondary N) is 1. The van der Waals surface area contributed by atoms with E-state index in [4.69, 9.17) is 9.26 Å². The van der Waals surface area contributed by atoms with Crippen LogP contribution in [0.3, 0.4) is 0 Å². The minimum Gasteiger partial charge on any atom is -0.383 e. The van der Waals surface area contributed by atoms with Gasteiger partial charge in [0.05, 0.1) is 12.2 Å². The van der Waals surface area contributed by atoms with Crippen molar-refractivity contribution in [3.63, 3.8) is 0 Å². The molecule has 23 heavy (non-hydrogen) atoms. The largest absolute Gasteiger partial charge is 0.383 e. The molecule has 0 saturated carbocycles. The summed E-state index contributed by atoms with van der Waals surface area (Å²) >= 11 is 1.99. The van der Waals surface area contributed by atoms with E-state index >= 15 is 0 Å². The van der Waals surface area contributed by atoms with E-state index in [2.05, 4.69) is 27.5 Å². The first kappa shape index (κ1) is 16.4. The Morgan fingerprint density at radius 2 is 2.04 bits per heavy atom. The summed E-state index contributed by atoms with van der Waals surface area (Å²) in [6.07, 6.45) is 0. The molecule has 1 N–H and O–H groups in total. The van der Waals surface area contributed by atoms with Crippen LogP contribution >= 0.6 is 11.8 Å². The number of thioether (sulfide) groups is 1. The zero-order valence-electron chi connectivity index (χ0n) is 13.5. The van der Waals surface area contributed by atoms with E-state index in [1.165, 1.54) is 0 Å². The summed E-state index contributed by atoms with van der Waals surface area (Å²) in [4.78, 5) is 2.31. The molecule has 1 aromatic heterocycles. The van der Waals surface area contributed by atoms with Crippen molar-refractivity contribution in [2.75, 3.05) is 49.8 Å². The van der Waals surface area contributed by atoms with Crippen molar-refractivity contribution < 1.29 is 9.26 Å². The molecule has 2 heterocycles. The number of methoxy groups -OCH3 is 1. The minimum atomic E-state index is 0.696. The second-order valence-corrected chi connectivity index (χ2v) is 6.67. The van der Waals surface area contributed by atoms with E-state index in [9.17, 15) is 0 Å². The van der Waals surface area contributed by atoms with Gasteiger partial charge in [-0.1, -0.05) is 35.5 Å². The average molecular weight is 333 g/mol. The van der Waals surface area contributed by atoms with Gasteiger partial charge in [0.2, 0.25) is 5.88 Å². The van der Waals surface area contributed by atoms with Gasteiger partial charge in [-0.25, -0.2) is 0 Å². The van der Waals surface area contributed by atoms with Gasteiger partial charge in [-0.2, -0.15) is 11.8 Å². The molecular formula is C17H23N3O2S. The fourth-order valence-electron chi connectivity index (χ4n) is 2.69. The highest BCUT2D eigenvalue weighted by molar-refractivity contribution is 7.99. The molecule has 0 atom stereocenters. The Kier molecular flexibility index (Phi) is 5.96. The molecule has 1 aliphatic rings. The molecule has 5 nitrogen and oxygen atoms in total. The second-order valence-electron chi connectivity index (χ2n) is 5.45. The maximum absolute atomic E-state index is 5.74. The molecule has 1 aromatic carbocycles. The van der Waals surface area contributed by atoms with E-state index in [1.807, 2.05) is 30.0 Å². The standard InChI is InChI=1S/C17H23N3O2S/c1-21-10-7-18-13-15-16(14-5-3-2-4-6-14)19-22-17(15)20-8-11-23-12-9-20/h2-6,18H,7-13H2,1H3. The van der Waals surface area contributed by atoms with Crippen molar-refractivity contribution >= 4 is 17.6 Å². The molecule has 6 heteroatoms. The Morgan fingerprint density at radius 1 is 1.26 bits per heavy atom. The fourth-order valence-corrected chi connectivity index (χ4v) is 3.59. The molecule has 0 aliphatic carbocycles. The fraction of sp³-hybridized carbons (Fsp3) is 0.471. The minimum absolute atomic E-state index is 0.696. The Hall–Kier alpha value is -1.50. The second kappa shape index (κ2) is 8.38. The van der Waals surface area contributed by atoms with Crippen LogP contribution in [0.15, 0.2) is 34.9 Å². The summed E-state index contributed by atoms with van der Waals surface area (Å²) in [5.74, 6) is 3.18. The number of nitrogens with zero attached hydrogens (tertiary/aromatic N) is 2. The van der Waals surface area contributed by atoms with Crippen molar-refractivity contribution in [2.24, 2.45) is 0 Å². The SMILES string of the molecule is COCCNCc1c(-c2ccccc2)noc1N1CCSCC1. The predicted octanol–water partition coefficient (Wildman–Crippen LogP) is 2.63. The highest BCUT2D eigenvalue weighted by Crippen LogP contribution is 2.32. The molecular weight excluding hydrogens is 310 g/mol. The topological polar surface area (TPSA) is 50.5 Å². The number of anilines is 1. The number of hydrogen-bond acceptors (Lipinski definition) is 6. The predicted molar refractivity (Wildman–Crippen MR) is 95.1 cm³/mol. The Labute approximate surface area is 141 Å². The maximum Gasteiger partial charge on any atom is 0.232 e. The number of ether oxygens (including phenoxy) is 1. The molecule has 1 fully saturated rings. The van der Waals surface area contributed by atoms with Gasteiger partial charge in [0.1, 0.15) is 5.69 Å². The summed E-state index contributed by atoms with van der Waals surface area (Å²) in [7, 11) is 1.72. The zero-order chi connectivity index (χ0) is 15.9. The summed E-state index contributed by atoms with van der Waals surface area (Å²) in [5, 5.41) is 7.79. The first-order chi connectivity index (χ1) is 11.4. The molecule has 0 unspecified atom stereocenters. The van der Waals surface area contributed by atoms with Crippen molar-refractivity contribution in [3.05, 3.63) is 35.9 Å². The van der Waals surface area contributed by atoms with Crippen LogP contribution in [-0.4, -0.2) is 50.0 Å². The summed E-state index contributed by atoms with van der Waals surface area (Å²) in [5.41, 5.74) is 3.17. The van der Waals surface area contributed by atoms with Gasteiger partial charge in [-0.05, 0) is 0 Å². The lowest BCUT2D eigenvalue weighted by Crippen LogP contribution is -2.33. The van der Waals surface area contributed by atoms with E-state index < -0.39 is 0 Å². The summed E-state index contributed by atoms with van der Waals surface area (Å²) in [6.45, 7) is 4.27. The lowest BCUT2D eigenvalue weighted by molar-refractivity contribution is 0.199. The van der Waals surface area contributed by atoms with Crippen molar-refractivity contribution in [2.45, 2.75) is 6.54 Å². The van der Waals surface area contributed by atoms with Crippen LogP contribution in [0, 0.1) is 0 Å². The van der Waals surface area contributed by atoms with Crippen LogP contribution in [0.4, 0.5) is 5.88 Å². The lowest BCUT2D eigenvalue weighted by atomic mass is 10.1. The van der Waals surface area contributed by atoms with Crippen LogP contribution < -0.4 is 10.2 Å². The monoisotopic (exact) mass is 333 g/mol. The number of rotatable bonds is 7. The van der Waals surface area contributed by atoms with E-state index in [0.29, 0.717) is 6.61 Å². The molecule has 0 bridgehead atoms. The Morgan fingerprint density at radius 3 is 2.78 bits per heavy atom. The molecule has 3 rings (SSSR count). The smallest absolute Gasteiger partial charge is 0.232 e. The molecule has 124 valence electrons. The van der Waals surface area contributed by atoms with Gasteiger partial charge < -0.3 is 19.5 Å². The number of aromatic nitrogens is 1. The van der Waals surface area contributed by atoms with Crippen molar-refractivity contribution in [3.8, 4) is 11.3 Å². The van der Waals surface area contributed by atoms with E-state index in [-0.39, 0.29) is 0 Å². The van der Waals surface area contributed by atoms with Crippen LogP contribution in [0.5, 0.6) is 0 Å². The quantitative estimate of drug-likeness (QED) is 0.786. The van der Waals surface area contributed by atoms with Crippen LogP contribution in [0.2, 0.25) is 0 Å².